The third-order valence-corrected chi connectivity index (χ3v) is 3.50. The van der Waals surface area contributed by atoms with E-state index in [0.29, 0.717) is 0 Å². The zero-order chi connectivity index (χ0) is 13.8. The van der Waals surface area contributed by atoms with Gasteiger partial charge in [-0.15, -0.1) is 0 Å². The van der Waals surface area contributed by atoms with Crippen LogP contribution in [-0.2, 0) is 4.79 Å². The zero-order valence-electron chi connectivity index (χ0n) is 11.1. The van der Waals surface area contributed by atoms with Crippen LogP contribution in [0.15, 0.2) is 41.3 Å². The van der Waals surface area contributed by atoms with Crippen LogP contribution >= 0.6 is 0 Å². The fourth-order valence-corrected chi connectivity index (χ4v) is 2.38. The van der Waals surface area contributed by atoms with E-state index < -0.39 is 0 Å². The number of benzene rings is 1. The van der Waals surface area contributed by atoms with Gasteiger partial charge in [0.1, 0.15) is 0 Å². The third-order valence-electron chi connectivity index (χ3n) is 3.50. The second kappa shape index (κ2) is 5.88. The number of oxazole rings is 1. The maximum absolute atomic E-state index is 12.1. The molecule has 0 aliphatic carbocycles. The number of carbonyl (C=O) groups excluding carboxylic acids is 1. The van der Waals surface area contributed by atoms with Crippen LogP contribution in [0.3, 0.4) is 0 Å². The molecule has 0 radical (unpaired) electrons. The van der Waals surface area contributed by atoms with Crippen molar-refractivity contribution >= 4 is 11.6 Å². The first-order chi connectivity index (χ1) is 9.83. The summed E-state index contributed by atoms with van der Waals surface area (Å²) in [4.78, 5) is 16.0. The van der Waals surface area contributed by atoms with Crippen molar-refractivity contribution in [3.8, 4) is 11.3 Å². The van der Waals surface area contributed by atoms with E-state index in [-0.39, 0.29) is 11.9 Å². The van der Waals surface area contributed by atoms with Gasteiger partial charge in [-0.05, 0) is 43.7 Å². The molecule has 20 heavy (non-hydrogen) atoms. The van der Waals surface area contributed by atoms with Crippen molar-refractivity contribution in [1.29, 1.82) is 0 Å². The minimum Gasteiger partial charge on any atom is -0.444 e. The van der Waals surface area contributed by atoms with Crippen molar-refractivity contribution in [2.45, 2.75) is 25.3 Å². The molecule has 1 amide bonds. The Morgan fingerprint density at radius 3 is 2.80 bits per heavy atom. The largest absolute Gasteiger partial charge is 0.444 e. The molecule has 1 atom stereocenters. The van der Waals surface area contributed by atoms with E-state index in [9.17, 15) is 4.79 Å². The number of rotatable bonds is 3. The topological polar surface area (TPSA) is 67.2 Å². The number of aromatic nitrogens is 1. The molecular formula is C15H17N3O2. The van der Waals surface area contributed by atoms with Crippen molar-refractivity contribution in [3.05, 3.63) is 36.9 Å². The van der Waals surface area contributed by atoms with Crippen LogP contribution < -0.4 is 10.6 Å². The molecule has 2 aromatic rings. The molecule has 2 heterocycles. The molecular weight excluding hydrogens is 254 g/mol. The SMILES string of the molecule is O=C(Nc1ccc(-c2cnco2)cc1)C1CCCCN1. The fourth-order valence-electron chi connectivity index (χ4n) is 2.38. The average molecular weight is 271 g/mol. The lowest BCUT2D eigenvalue weighted by molar-refractivity contribution is -0.118. The van der Waals surface area contributed by atoms with Crippen LogP contribution in [0.1, 0.15) is 19.3 Å². The lowest BCUT2D eigenvalue weighted by Gasteiger charge is -2.22. The number of amides is 1. The van der Waals surface area contributed by atoms with Crippen LogP contribution in [0.2, 0.25) is 0 Å². The van der Waals surface area contributed by atoms with Crippen LogP contribution in [0, 0.1) is 0 Å². The quantitative estimate of drug-likeness (QED) is 0.899. The van der Waals surface area contributed by atoms with E-state index in [2.05, 4.69) is 15.6 Å². The van der Waals surface area contributed by atoms with Crippen molar-refractivity contribution in [3.63, 3.8) is 0 Å². The van der Waals surface area contributed by atoms with E-state index in [1.165, 1.54) is 6.39 Å². The molecule has 1 aliphatic heterocycles. The second-order valence-corrected chi connectivity index (χ2v) is 4.93. The Balaban J connectivity index is 1.64. The molecule has 0 saturated carbocycles. The van der Waals surface area contributed by atoms with Crippen LogP contribution in [0.4, 0.5) is 5.69 Å². The molecule has 1 aromatic carbocycles. The maximum atomic E-state index is 12.1. The number of piperidine rings is 1. The van der Waals surface area contributed by atoms with Gasteiger partial charge in [0.2, 0.25) is 5.91 Å². The highest BCUT2D eigenvalue weighted by Crippen LogP contribution is 2.21. The van der Waals surface area contributed by atoms with Gasteiger partial charge in [0.15, 0.2) is 12.2 Å². The van der Waals surface area contributed by atoms with E-state index >= 15 is 0 Å². The van der Waals surface area contributed by atoms with E-state index in [1.807, 2.05) is 24.3 Å². The first kappa shape index (κ1) is 12.9. The smallest absolute Gasteiger partial charge is 0.241 e. The Hall–Kier alpha value is -2.14. The zero-order valence-corrected chi connectivity index (χ0v) is 11.1. The van der Waals surface area contributed by atoms with Gasteiger partial charge >= 0.3 is 0 Å². The van der Waals surface area contributed by atoms with Gasteiger partial charge in [-0.1, -0.05) is 6.42 Å². The van der Waals surface area contributed by atoms with Crippen molar-refractivity contribution in [2.75, 3.05) is 11.9 Å². The summed E-state index contributed by atoms with van der Waals surface area (Å²) in [7, 11) is 0. The number of hydrogen-bond donors (Lipinski definition) is 2. The Kier molecular flexibility index (Phi) is 3.78. The van der Waals surface area contributed by atoms with Gasteiger partial charge in [0, 0.05) is 11.3 Å². The molecule has 0 bridgehead atoms. The highest BCUT2D eigenvalue weighted by atomic mass is 16.3. The van der Waals surface area contributed by atoms with Gasteiger partial charge in [-0.3, -0.25) is 4.79 Å². The van der Waals surface area contributed by atoms with Crippen LogP contribution in [0.25, 0.3) is 11.3 Å². The van der Waals surface area contributed by atoms with Gasteiger partial charge in [0.25, 0.3) is 0 Å². The van der Waals surface area contributed by atoms with E-state index in [1.54, 1.807) is 6.20 Å². The Labute approximate surface area is 117 Å². The first-order valence-corrected chi connectivity index (χ1v) is 6.86. The summed E-state index contributed by atoms with van der Waals surface area (Å²) in [6.45, 7) is 0.919. The van der Waals surface area contributed by atoms with Gasteiger partial charge in [0.05, 0.1) is 12.2 Å². The molecule has 1 aliphatic rings. The average Bonchev–Trinajstić information content (AvgIpc) is 3.03. The Morgan fingerprint density at radius 2 is 2.15 bits per heavy atom. The van der Waals surface area contributed by atoms with Gasteiger partial charge in [-0.2, -0.15) is 0 Å². The van der Waals surface area contributed by atoms with Crippen LogP contribution in [0.5, 0.6) is 0 Å². The lowest BCUT2D eigenvalue weighted by Crippen LogP contribution is -2.43. The molecule has 1 saturated heterocycles. The van der Waals surface area contributed by atoms with Crippen molar-refractivity contribution in [1.82, 2.24) is 10.3 Å². The summed E-state index contributed by atoms with van der Waals surface area (Å²) in [6.07, 6.45) is 6.23. The molecule has 0 spiro atoms. The fraction of sp³-hybridized carbons (Fsp3) is 0.333. The standard InChI is InChI=1S/C15H17N3O2/c19-15(13-3-1-2-8-17-13)18-12-6-4-11(5-7-12)14-9-16-10-20-14/h4-7,9-10,13,17H,1-3,8H2,(H,18,19). The Morgan fingerprint density at radius 1 is 1.30 bits per heavy atom. The summed E-state index contributed by atoms with van der Waals surface area (Å²) in [5.74, 6) is 0.758. The van der Waals surface area contributed by atoms with E-state index in [4.69, 9.17) is 4.42 Å². The molecule has 1 fully saturated rings. The maximum Gasteiger partial charge on any atom is 0.241 e. The lowest BCUT2D eigenvalue weighted by atomic mass is 10.0. The van der Waals surface area contributed by atoms with Gasteiger partial charge < -0.3 is 15.1 Å². The number of carbonyl (C=O) groups is 1. The normalized spacial score (nSPS) is 18.7. The Bertz CT molecular complexity index is 557. The summed E-state index contributed by atoms with van der Waals surface area (Å²) in [5, 5.41) is 6.17. The monoisotopic (exact) mass is 271 g/mol. The molecule has 1 aromatic heterocycles. The van der Waals surface area contributed by atoms with Crippen molar-refractivity contribution < 1.29 is 9.21 Å². The number of nitrogens with zero attached hydrogens (tertiary/aromatic N) is 1. The minimum atomic E-state index is -0.0716. The highest BCUT2D eigenvalue weighted by Gasteiger charge is 2.20. The van der Waals surface area contributed by atoms with Crippen molar-refractivity contribution in [2.24, 2.45) is 0 Å². The number of nitrogens with one attached hydrogen (secondary N) is 2. The highest BCUT2D eigenvalue weighted by molar-refractivity contribution is 5.95. The summed E-state index contributed by atoms with van der Waals surface area (Å²) in [6, 6.07) is 7.49. The summed E-state index contributed by atoms with van der Waals surface area (Å²) in [5.41, 5.74) is 1.74. The first-order valence-electron chi connectivity index (χ1n) is 6.86. The van der Waals surface area contributed by atoms with Crippen LogP contribution in [-0.4, -0.2) is 23.5 Å². The van der Waals surface area contributed by atoms with Gasteiger partial charge in [-0.25, -0.2) is 4.98 Å². The molecule has 3 rings (SSSR count). The number of hydrogen-bond acceptors (Lipinski definition) is 4. The second-order valence-electron chi connectivity index (χ2n) is 4.93. The predicted octanol–water partition coefficient (Wildman–Crippen LogP) is 2.42. The molecule has 1 unspecified atom stereocenters. The third kappa shape index (κ3) is 2.88. The molecule has 104 valence electrons. The summed E-state index contributed by atoms with van der Waals surface area (Å²) >= 11 is 0. The molecule has 5 heteroatoms. The summed E-state index contributed by atoms with van der Waals surface area (Å²) < 4.78 is 5.23. The molecule has 2 N–H and O–H groups in total. The predicted molar refractivity (Wildman–Crippen MR) is 76.2 cm³/mol. The number of anilines is 1. The molecule has 5 nitrogen and oxygen atoms in total. The van der Waals surface area contributed by atoms with E-state index in [0.717, 1.165) is 42.8 Å². The minimum absolute atomic E-state index is 0.0390.